The highest BCUT2D eigenvalue weighted by molar-refractivity contribution is 5.94. The Hall–Kier alpha value is -1.31. The molecule has 0 N–H and O–H groups in total. The molecule has 0 aliphatic carbocycles. The Morgan fingerprint density at radius 1 is 1.29 bits per heavy atom. The van der Waals surface area contributed by atoms with Crippen molar-refractivity contribution >= 4 is 11.5 Å². The Bertz CT molecular complexity index is 394. The maximum atomic E-state index is 11.2. The summed E-state index contributed by atoms with van der Waals surface area (Å²) >= 11 is 0. The molecule has 1 aliphatic rings. The van der Waals surface area contributed by atoms with Crippen LogP contribution in [0.5, 0.6) is 0 Å². The van der Waals surface area contributed by atoms with Crippen molar-refractivity contribution in [3.05, 3.63) is 29.8 Å². The maximum absolute atomic E-state index is 11.2. The van der Waals surface area contributed by atoms with Gasteiger partial charge in [0.15, 0.2) is 5.78 Å². The lowest BCUT2D eigenvalue weighted by molar-refractivity contribution is 0.101. The molecule has 92 valence electrons. The highest BCUT2D eigenvalue weighted by Gasteiger charge is 2.24. The summed E-state index contributed by atoms with van der Waals surface area (Å²) in [4.78, 5) is 13.6. The van der Waals surface area contributed by atoms with Crippen molar-refractivity contribution < 1.29 is 4.79 Å². The lowest BCUT2D eigenvalue weighted by Crippen LogP contribution is -2.21. The van der Waals surface area contributed by atoms with E-state index in [0.29, 0.717) is 0 Å². The Balaban J connectivity index is 2.06. The van der Waals surface area contributed by atoms with Gasteiger partial charge >= 0.3 is 0 Å². The topological polar surface area (TPSA) is 20.3 Å². The molecule has 1 heterocycles. The molecule has 1 fully saturated rings. The molecule has 2 heteroatoms. The molecule has 1 aromatic rings. The zero-order valence-corrected chi connectivity index (χ0v) is 10.9. The summed E-state index contributed by atoms with van der Waals surface area (Å²) in [5.41, 5.74) is 2.05. The van der Waals surface area contributed by atoms with E-state index in [9.17, 15) is 4.79 Å². The van der Waals surface area contributed by atoms with Gasteiger partial charge in [0.25, 0.3) is 0 Å². The summed E-state index contributed by atoms with van der Waals surface area (Å²) < 4.78 is 0. The Kier molecular flexibility index (Phi) is 3.51. The normalized spacial score (nSPS) is 20.0. The lowest BCUT2D eigenvalue weighted by Gasteiger charge is -2.20. The van der Waals surface area contributed by atoms with Gasteiger partial charge in [-0.2, -0.15) is 0 Å². The summed E-state index contributed by atoms with van der Waals surface area (Å²) in [6.07, 6.45) is 1.28. The van der Waals surface area contributed by atoms with E-state index in [-0.39, 0.29) is 5.78 Å². The van der Waals surface area contributed by atoms with Gasteiger partial charge in [-0.25, -0.2) is 0 Å². The summed E-state index contributed by atoms with van der Waals surface area (Å²) in [6.45, 7) is 8.50. The second-order valence-corrected chi connectivity index (χ2v) is 5.34. The molecule has 1 saturated heterocycles. The smallest absolute Gasteiger partial charge is 0.159 e. The molecule has 1 atom stereocenters. The van der Waals surface area contributed by atoms with Crippen LogP contribution in [0.25, 0.3) is 0 Å². The van der Waals surface area contributed by atoms with Gasteiger partial charge in [0.05, 0.1) is 0 Å². The molecule has 1 aliphatic heterocycles. The van der Waals surface area contributed by atoms with Crippen LogP contribution in [0.2, 0.25) is 0 Å². The van der Waals surface area contributed by atoms with Crippen molar-refractivity contribution in [2.45, 2.75) is 27.2 Å². The van der Waals surface area contributed by atoms with Crippen molar-refractivity contribution in [1.82, 2.24) is 0 Å². The van der Waals surface area contributed by atoms with Crippen molar-refractivity contribution in [3.63, 3.8) is 0 Å². The summed E-state index contributed by atoms with van der Waals surface area (Å²) in [6, 6.07) is 8.00. The molecule has 0 amide bonds. The summed E-state index contributed by atoms with van der Waals surface area (Å²) in [7, 11) is 0. The summed E-state index contributed by atoms with van der Waals surface area (Å²) in [5.74, 6) is 1.71. The minimum atomic E-state index is 0.137. The monoisotopic (exact) mass is 231 g/mol. The number of carbonyl (C=O) groups excluding carboxylic acids is 1. The van der Waals surface area contributed by atoms with Gasteiger partial charge < -0.3 is 4.90 Å². The molecule has 0 aromatic heterocycles. The summed E-state index contributed by atoms with van der Waals surface area (Å²) in [5, 5.41) is 0. The van der Waals surface area contributed by atoms with Crippen LogP contribution in [-0.4, -0.2) is 18.9 Å². The first-order valence-electron chi connectivity index (χ1n) is 6.44. The Morgan fingerprint density at radius 2 is 1.94 bits per heavy atom. The van der Waals surface area contributed by atoms with Crippen molar-refractivity contribution in [3.8, 4) is 0 Å². The van der Waals surface area contributed by atoms with Crippen molar-refractivity contribution in [2.24, 2.45) is 11.8 Å². The Labute approximate surface area is 104 Å². The van der Waals surface area contributed by atoms with Crippen LogP contribution < -0.4 is 4.90 Å². The molecule has 0 radical (unpaired) electrons. The number of rotatable bonds is 3. The van der Waals surface area contributed by atoms with E-state index in [4.69, 9.17) is 0 Å². The molecule has 1 aromatic carbocycles. The second kappa shape index (κ2) is 4.91. The van der Waals surface area contributed by atoms with E-state index >= 15 is 0 Å². The molecular weight excluding hydrogens is 210 g/mol. The lowest BCUT2D eigenvalue weighted by atomic mass is 9.95. The van der Waals surface area contributed by atoms with Gasteiger partial charge in [0, 0.05) is 24.3 Å². The van der Waals surface area contributed by atoms with Gasteiger partial charge in [-0.15, -0.1) is 0 Å². The van der Waals surface area contributed by atoms with Crippen molar-refractivity contribution in [2.75, 3.05) is 18.0 Å². The number of hydrogen-bond acceptors (Lipinski definition) is 2. The van der Waals surface area contributed by atoms with E-state index in [2.05, 4.69) is 30.9 Å². The zero-order chi connectivity index (χ0) is 12.4. The highest BCUT2D eigenvalue weighted by atomic mass is 16.1. The van der Waals surface area contributed by atoms with Gasteiger partial charge in [-0.05, 0) is 49.4 Å². The maximum Gasteiger partial charge on any atom is 0.159 e. The number of ketones is 1. The van der Waals surface area contributed by atoms with Gasteiger partial charge in [0.2, 0.25) is 0 Å². The van der Waals surface area contributed by atoms with E-state index < -0.39 is 0 Å². The van der Waals surface area contributed by atoms with Crippen LogP contribution in [0.3, 0.4) is 0 Å². The average molecular weight is 231 g/mol. The quantitative estimate of drug-likeness (QED) is 0.743. The minimum absolute atomic E-state index is 0.137. The van der Waals surface area contributed by atoms with Gasteiger partial charge in [-0.3, -0.25) is 4.79 Å². The second-order valence-electron chi connectivity index (χ2n) is 5.34. The van der Waals surface area contributed by atoms with Gasteiger partial charge in [0.1, 0.15) is 0 Å². The van der Waals surface area contributed by atoms with E-state index in [1.165, 1.54) is 12.1 Å². The SMILES string of the molecule is CC(=O)c1ccc(N2CCC(C(C)C)C2)cc1. The molecule has 0 bridgehead atoms. The molecule has 2 rings (SSSR count). The standard InChI is InChI=1S/C15H21NO/c1-11(2)14-8-9-16(10-14)15-6-4-13(5-7-15)12(3)17/h4-7,11,14H,8-10H2,1-3H3. The molecule has 17 heavy (non-hydrogen) atoms. The molecular formula is C15H21NO. The van der Waals surface area contributed by atoms with Gasteiger partial charge in [-0.1, -0.05) is 13.8 Å². The first-order chi connectivity index (χ1) is 8.08. The average Bonchev–Trinajstić information content (AvgIpc) is 2.78. The predicted molar refractivity (Wildman–Crippen MR) is 71.6 cm³/mol. The van der Waals surface area contributed by atoms with Crippen LogP contribution >= 0.6 is 0 Å². The number of Topliss-reactive ketones (excluding diaryl/α,β-unsaturated/α-hetero) is 1. The van der Waals surface area contributed by atoms with E-state index in [1.807, 2.05) is 12.1 Å². The van der Waals surface area contributed by atoms with Crippen LogP contribution in [0, 0.1) is 11.8 Å². The van der Waals surface area contributed by atoms with Crippen LogP contribution in [0.4, 0.5) is 5.69 Å². The zero-order valence-electron chi connectivity index (χ0n) is 10.9. The van der Waals surface area contributed by atoms with E-state index in [1.54, 1.807) is 6.92 Å². The minimum Gasteiger partial charge on any atom is -0.371 e. The molecule has 0 spiro atoms. The number of anilines is 1. The number of carbonyl (C=O) groups is 1. The van der Waals surface area contributed by atoms with Crippen molar-refractivity contribution in [1.29, 1.82) is 0 Å². The molecule has 2 nitrogen and oxygen atoms in total. The largest absolute Gasteiger partial charge is 0.371 e. The van der Waals surface area contributed by atoms with Crippen LogP contribution in [-0.2, 0) is 0 Å². The fraction of sp³-hybridized carbons (Fsp3) is 0.533. The first kappa shape index (κ1) is 12.2. The number of hydrogen-bond donors (Lipinski definition) is 0. The molecule has 0 saturated carbocycles. The fourth-order valence-electron chi connectivity index (χ4n) is 2.47. The molecule has 1 unspecified atom stereocenters. The highest BCUT2D eigenvalue weighted by Crippen LogP contribution is 2.28. The van der Waals surface area contributed by atoms with Crippen LogP contribution in [0.15, 0.2) is 24.3 Å². The predicted octanol–water partition coefficient (Wildman–Crippen LogP) is 3.37. The third-order valence-corrected chi connectivity index (χ3v) is 3.81. The van der Waals surface area contributed by atoms with Crippen LogP contribution in [0.1, 0.15) is 37.6 Å². The third kappa shape index (κ3) is 2.68. The van der Waals surface area contributed by atoms with E-state index in [0.717, 1.165) is 30.5 Å². The Morgan fingerprint density at radius 3 is 2.41 bits per heavy atom. The fourth-order valence-corrected chi connectivity index (χ4v) is 2.47. The number of benzene rings is 1. The number of nitrogens with zero attached hydrogens (tertiary/aromatic N) is 1. The third-order valence-electron chi connectivity index (χ3n) is 3.81. The first-order valence-corrected chi connectivity index (χ1v) is 6.44.